The number of hydrogen-bond acceptors (Lipinski definition) is 2. The maximum absolute atomic E-state index is 6.28. The number of para-hydroxylation sites is 1. The molecular weight excluding hydrogens is 294 g/mol. The molecule has 22 heavy (non-hydrogen) atoms. The van der Waals surface area contributed by atoms with Crippen LogP contribution in [0.15, 0.2) is 47.5 Å². The maximum Gasteiger partial charge on any atom is 0.138 e. The first-order valence-electron chi connectivity index (χ1n) is 7.72. The second-order valence-corrected chi connectivity index (χ2v) is 5.67. The topological polar surface area (TPSA) is 21.6 Å². The Morgan fingerprint density at radius 1 is 1.18 bits per heavy atom. The van der Waals surface area contributed by atoms with Crippen molar-refractivity contribution in [2.45, 2.75) is 39.7 Å². The Labute approximate surface area is 137 Å². The standard InChI is InChI=1S/C19H22ClNO/c1-4-14(3)22-19-11-10-15(12-17(19)20)13-21-18-9-7-6-8-16(18)5-2/h6-14H,4-5H2,1-3H3/t14-/m1/s1. The fraction of sp³-hybridized carbons (Fsp3) is 0.316. The summed E-state index contributed by atoms with van der Waals surface area (Å²) in [6, 6.07) is 13.9. The van der Waals surface area contributed by atoms with Crippen molar-refractivity contribution in [3.8, 4) is 5.75 Å². The molecule has 116 valence electrons. The van der Waals surface area contributed by atoms with E-state index in [4.69, 9.17) is 16.3 Å². The molecule has 0 heterocycles. The molecular formula is C19H22ClNO. The largest absolute Gasteiger partial charge is 0.489 e. The van der Waals surface area contributed by atoms with E-state index in [1.54, 1.807) is 0 Å². The number of halogens is 1. The first kappa shape index (κ1) is 16.6. The van der Waals surface area contributed by atoms with Crippen LogP contribution in [-0.4, -0.2) is 12.3 Å². The predicted molar refractivity (Wildman–Crippen MR) is 94.9 cm³/mol. The van der Waals surface area contributed by atoms with Crippen molar-refractivity contribution in [2.24, 2.45) is 4.99 Å². The Morgan fingerprint density at radius 2 is 1.95 bits per heavy atom. The average molecular weight is 316 g/mol. The molecule has 0 aliphatic heterocycles. The third kappa shape index (κ3) is 4.35. The van der Waals surface area contributed by atoms with Gasteiger partial charge in [-0.25, -0.2) is 0 Å². The average Bonchev–Trinajstić information content (AvgIpc) is 2.55. The van der Waals surface area contributed by atoms with Crippen LogP contribution in [0.5, 0.6) is 5.75 Å². The molecule has 2 aromatic carbocycles. The summed E-state index contributed by atoms with van der Waals surface area (Å²) in [5, 5.41) is 0.619. The van der Waals surface area contributed by atoms with Crippen LogP contribution in [0.1, 0.15) is 38.3 Å². The van der Waals surface area contributed by atoms with Crippen molar-refractivity contribution in [1.29, 1.82) is 0 Å². The minimum Gasteiger partial charge on any atom is -0.489 e. The van der Waals surface area contributed by atoms with E-state index in [0.717, 1.165) is 29.8 Å². The molecule has 0 spiro atoms. The minimum atomic E-state index is 0.161. The summed E-state index contributed by atoms with van der Waals surface area (Å²) in [6.45, 7) is 6.25. The Balaban J connectivity index is 2.17. The van der Waals surface area contributed by atoms with Crippen molar-refractivity contribution in [2.75, 3.05) is 0 Å². The third-order valence-corrected chi connectivity index (χ3v) is 3.88. The van der Waals surface area contributed by atoms with Gasteiger partial charge in [0.2, 0.25) is 0 Å². The summed E-state index contributed by atoms with van der Waals surface area (Å²) in [6.07, 6.45) is 3.92. The predicted octanol–water partition coefficient (Wildman–Crippen LogP) is 5.83. The highest BCUT2D eigenvalue weighted by Crippen LogP contribution is 2.27. The highest BCUT2D eigenvalue weighted by molar-refractivity contribution is 6.32. The van der Waals surface area contributed by atoms with Gasteiger partial charge < -0.3 is 4.74 Å². The van der Waals surface area contributed by atoms with Crippen LogP contribution in [0.2, 0.25) is 5.02 Å². The van der Waals surface area contributed by atoms with Gasteiger partial charge in [-0.15, -0.1) is 0 Å². The summed E-state index contributed by atoms with van der Waals surface area (Å²) in [7, 11) is 0. The van der Waals surface area contributed by atoms with E-state index in [2.05, 4.69) is 24.9 Å². The van der Waals surface area contributed by atoms with Gasteiger partial charge in [-0.1, -0.05) is 43.6 Å². The van der Waals surface area contributed by atoms with Gasteiger partial charge >= 0.3 is 0 Å². The van der Waals surface area contributed by atoms with Gasteiger partial charge in [0.1, 0.15) is 5.75 Å². The molecule has 0 radical (unpaired) electrons. The van der Waals surface area contributed by atoms with Crippen LogP contribution in [0.4, 0.5) is 5.69 Å². The molecule has 0 aliphatic rings. The molecule has 3 heteroatoms. The van der Waals surface area contributed by atoms with Crippen LogP contribution < -0.4 is 4.74 Å². The van der Waals surface area contributed by atoms with E-state index in [-0.39, 0.29) is 6.10 Å². The number of rotatable bonds is 6. The molecule has 0 amide bonds. The minimum absolute atomic E-state index is 0.161. The van der Waals surface area contributed by atoms with Crippen LogP contribution in [0.25, 0.3) is 0 Å². The molecule has 0 saturated heterocycles. The highest BCUT2D eigenvalue weighted by Gasteiger charge is 2.06. The van der Waals surface area contributed by atoms with E-state index >= 15 is 0 Å². The summed E-state index contributed by atoms with van der Waals surface area (Å²) in [4.78, 5) is 4.57. The lowest BCUT2D eigenvalue weighted by molar-refractivity contribution is 0.217. The van der Waals surface area contributed by atoms with Gasteiger partial charge in [0.15, 0.2) is 0 Å². The third-order valence-electron chi connectivity index (χ3n) is 3.58. The van der Waals surface area contributed by atoms with E-state index in [1.807, 2.05) is 49.5 Å². The first-order valence-corrected chi connectivity index (χ1v) is 8.10. The highest BCUT2D eigenvalue weighted by atomic mass is 35.5. The zero-order chi connectivity index (χ0) is 15.9. The Morgan fingerprint density at radius 3 is 2.64 bits per heavy atom. The molecule has 2 nitrogen and oxygen atoms in total. The number of nitrogens with zero attached hydrogens (tertiary/aromatic N) is 1. The first-order chi connectivity index (χ1) is 10.6. The van der Waals surface area contributed by atoms with Gasteiger partial charge in [0.05, 0.1) is 16.8 Å². The second kappa shape index (κ2) is 8.00. The van der Waals surface area contributed by atoms with E-state index in [9.17, 15) is 0 Å². The smallest absolute Gasteiger partial charge is 0.138 e. The normalized spacial score (nSPS) is 12.5. The Bertz CT molecular complexity index is 652. The van der Waals surface area contributed by atoms with Crippen molar-refractivity contribution >= 4 is 23.5 Å². The Kier molecular flexibility index (Phi) is 6.02. The fourth-order valence-electron chi connectivity index (χ4n) is 2.07. The van der Waals surface area contributed by atoms with Gasteiger partial charge in [0, 0.05) is 6.21 Å². The fourth-order valence-corrected chi connectivity index (χ4v) is 2.31. The zero-order valence-corrected chi connectivity index (χ0v) is 14.1. The SMILES string of the molecule is CCc1ccccc1N=Cc1ccc(O[C@H](C)CC)c(Cl)c1. The Hall–Kier alpha value is -1.80. The summed E-state index contributed by atoms with van der Waals surface area (Å²) < 4.78 is 5.77. The summed E-state index contributed by atoms with van der Waals surface area (Å²) in [5.74, 6) is 0.724. The van der Waals surface area contributed by atoms with Crippen LogP contribution in [0.3, 0.4) is 0 Å². The van der Waals surface area contributed by atoms with E-state index in [0.29, 0.717) is 5.02 Å². The van der Waals surface area contributed by atoms with Crippen molar-refractivity contribution < 1.29 is 4.74 Å². The summed E-state index contributed by atoms with van der Waals surface area (Å²) >= 11 is 6.28. The van der Waals surface area contributed by atoms with E-state index in [1.165, 1.54) is 5.56 Å². The maximum atomic E-state index is 6.28. The van der Waals surface area contributed by atoms with Gasteiger partial charge in [-0.05, 0) is 55.2 Å². The molecule has 0 bridgehead atoms. The molecule has 2 aromatic rings. The van der Waals surface area contributed by atoms with Gasteiger partial charge in [0.25, 0.3) is 0 Å². The molecule has 0 fully saturated rings. The molecule has 1 atom stereocenters. The van der Waals surface area contributed by atoms with Crippen LogP contribution in [0, 0.1) is 0 Å². The molecule has 2 rings (SSSR count). The van der Waals surface area contributed by atoms with Crippen LogP contribution >= 0.6 is 11.6 Å². The zero-order valence-electron chi connectivity index (χ0n) is 13.3. The monoisotopic (exact) mass is 315 g/mol. The number of hydrogen-bond donors (Lipinski definition) is 0. The summed E-state index contributed by atoms with van der Waals surface area (Å²) in [5.41, 5.74) is 3.20. The van der Waals surface area contributed by atoms with Crippen LogP contribution in [-0.2, 0) is 6.42 Å². The van der Waals surface area contributed by atoms with E-state index < -0.39 is 0 Å². The lowest BCUT2D eigenvalue weighted by Gasteiger charge is -2.13. The molecule has 0 N–H and O–H groups in total. The number of benzene rings is 2. The van der Waals surface area contributed by atoms with Crippen molar-refractivity contribution in [1.82, 2.24) is 0 Å². The molecule has 0 aromatic heterocycles. The molecule has 0 saturated carbocycles. The number of aryl methyl sites for hydroxylation is 1. The second-order valence-electron chi connectivity index (χ2n) is 5.27. The van der Waals surface area contributed by atoms with Gasteiger partial charge in [-0.3, -0.25) is 4.99 Å². The number of aliphatic imine (C=N–C) groups is 1. The lowest BCUT2D eigenvalue weighted by atomic mass is 10.1. The molecule has 0 aliphatic carbocycles. The van der Waals surface area contributed by atoms with Crippen molar-refractivity contribution in [3.05, 3.63) is 58.6 Å². The molecule has 0 unspecified atom stereocenters. The van der Waals surface area contributed by atoms with Crippen molar-refractivity contribution in [3.63, 3.8) is 0 Å². The number of ether oxygens (including phenoxy) is 1. The quantitative estimate of drug-likeness (QED) is 0.614. The van der Waals surface area contributed by atoms with Gasteiger partial charge in [-0.2, -0.15) is 0 Å². The lowest BCUT2D eigenvalue weighted by Crippen LogP contribution is -2.09.